The molecule has 1 unspecified atom stereocenters. The molecular weight excluding hydrogens is 344 g/mol. The van der Waals surface area contributed by atoms with Crippen LogP contribution in [0.3, 0.4) is 0 Å². The van der Waals surface area contributed by atoms with E-state index in [1.807, 2.05) is 35.0 Å². The van der Waals surface area contributed by atoms with Gasteiger partial charge < -0.3 is 10.1 Å². The second kappa shape index (κ2) is 7.44. The van der Waals surface area contributed by atoms with Gasteiger partial charge >= 0.3 is 0 Å². The smallest absolute Gasteiger partial charge is 0.265 e. The summed E-state index contributed by atoms with van der Waals surface area (Å²) in [5, 5.41) is 6.77. The van der Waals surface area contributed by atoms with Crippen molar-refractivity contribution < 1.29 is 18.3 Å². The zero-order chi connectivity index (χ0) is 17.8. The predicted molar refractivity (Wildman–Crippen MR) is 94.8 cm³/mol. The Morgan fingerprint density at radius 1 is 1.08 bits per heavy atom. The third-order valence-corrected chi connectivity index (χ3v) is 4.24. The van der Waals surface area contributed by atoms with Gasteiger partial charge in [0.1, 0.15) is 5.75 Å². The third-order valence-electron chi connectivity index (χ3n) is 3.56. The fraction of sp³-hybridized carbons (Fsp3) is 0.105. The number of hydrogen-bond acceptors (Lipinski definition) is 3. The second-order valence-electron chi connectivity index (χ2n) is 5.42. The molecule has 3 rings (SSSR count). The summed E-state index contributed by atoms with van der Waals surface area (Å²) in [5.41, 5.74) is 2.70. The zero-order valence-corrected chi connectivity index (χ0v) is 14.1. The number of amides is 1. The van der Waals surface area contributed by atoms with Gasteiger partial charge in [-0.05, 0) is 59.1 Å². The first-order valence-electron chi connectivity index (χ1n) is 7.58. The van der Waals surface area contributed by atoms with E-state index in [0.717, 1.165) is 23.3 Å². The van der Waals surface area contributed by atoms with Crippen LogP contribution < -0.4 is 10.1 Å². The molecule has 1 N–H and O–H groups in total. The van der Waals surface area contributed by atoms with E-state index >= 15 is 0 Å². The Kier molecular flexibility index (Phi) is 5.09. The lowest BCUT2D eigenvalue weighted by Crippen LogP contribution is -2.30. The molecule has 0 bridgehead atoms. The molecular formula is C19H15F2NO2S. The Morgan fingerprint density at radius 2 is 1.92 bits per heavy atom. The van der Waals surface area contributed by atoms with Gasteiger partial charge in [0, 0.05) is 11.8 Å². The molecule has 25 heavy (non-hydrogen) atoms. The van der Waals surface area contributed by atoms with Crippen LogP contribution in [0.4, 0.5) is 14.5 Å². The number of rotatable bonds is 5. The SMILES string of the molecule is CC(Oc1ccc(F)c(F)c1)C(=O)Nc1cccc(-c2ccsc2)c1. The lowest BCUT2D eigenvalue weighted by Gasteiger charge is -2.15. The predicted octanol–water partition coefficient (Wildman–Crippen LogP) is 5.10. The average Bonchev–Trinajstić information content (AvgIpc) is 3.13. The topological polar surface area (TPSA) is 38.3 Å². The molecule has 0 aliphatic heterocycles. The maximum atomic E-state index is 13.2. The minimum absolute atomic E-state index is 0.0913. The molecule has 0 aliphatic rings. The van der Waals surface area contributed by atoms with E-state index in [4.69, 9.17) is 4.74 Å². The number of benzene rings is 2. The van der Waals surface area contributed by atoms with Crippen molar-refractivity contribution in [3.63, 3.8) is 0 Å². The van der Waals surface area contributed by atoms with Crippen LogP contribution in [0, 0.1) is 11.6 Å². The van der Waals surface area contributed by atoms with E-state index in [9.17, 15) is 13.6 Å². The van der Waals surface area contributed by atoms with Crippen LogP contribution in [0.1, 0.15) is 6.92 Å². The molecule has 1 amide bonds. The van der Waals surface area contributed by atoms with Gasteiger partial charge in [-0.1, -0.05) is 12.1 Å². The molecule has 1 heterocycles. The summed E-state index contributed by atoms with van der Waals surface area (Å²) < 4.78 is 31.5. The number of hydrogen-bond donors (Lipinski definition) is 1. The first kappa shape index (κ1) is 17.1. The summed E-state index contributed by atoms with van der Waals surface area (Å²) in [5.74, 6) is -2.27. The summed E-state index contributed by atoms with van der Waals surface area (Å²) in [7, 11) is 0. The number of halogens is 2. The van der Waals surface area contributed by atoms with Gasteiger partial charge in [0.05, 0.1) is 0 Å². The van der Waals surface area contributed by atoms with Gasteiger partial charge in [-0.25, -0.2) is 8.78 Å². The molecule has 0 saturated carbocycles. The number of thiophene rings is 1. The summed E-state index contributed by atoms with van der Waals surface area (Å²) in [6.07, 6.45) is -0.866. The Labute approximate surface area is 147 Å². The first-order valence-corrected chi connectivity index (χ1v) is 8.52. The Morgan fingerprint density at radius 3 is 2.64 bits per heavy atom. The molecule has 0 spiro atoms. The highest BCUT2D eigenvalue weighted by Crippen LogP contribution is 2.25. The van der Waals surface area contributed by atoms with Crippen LogP contribution in [0.25, 0.3) is 11.1 Å². The Bertz CT molecular complexity index is 881. The summed E-state index contributed by atoms with van der Waals surface area (Å²) in [6.45, 7) is 1.54. The van der Waals surface area contributed by atoms with Crippen LogP contribution in [-0.4, -0.2) is 12.0 Å². The van der Waals surface area contributed by atoms with Crippen molar-refractivity contribution in [2.24, 2.45) is 0 Å². The van der Waals surface area contributed by atoms with Crippen molar-refractivity contribution in [1.82, 2.24) is 0 Å². The molecule has 1 atom stereocenters. The molecule has 3 aromatic rings. The monoisotopic (exact) mass is 359 g/mol. The van der Waals surface area contributed by atoms with Crippen molar-refractivity contribution in [1.29, 1.82) is 0 Å². The van der Waals surface area contributed by atoms with E-state index in [2.05, 4.69) is 5.32 Å². The van der Waals surface area contributed by atoms with E-state index in [0.29, 0.717) is 5.69 Å². The van der Waals surface area contributed by atoms with Crippen molar-refractivity contribution in [3.05, 3.63) is 70.9 Å². The Balaban J connectivity index is 1.67. The summed E-state index contributed by atoms with van der Waals surface area (Å²) >= 11 is 1.60. The lowest BCUT2D eigenvalue weighted by atomic mass is 10.1. The van der Waals surface area contributed by atoms with Crippen LogP contribution in [0.15, 0.2) is 59.3 Å². The van der Waals surface area contributed by atoms with Gasteiger partial charge in [0.2, 0.25) is 0 Å². The van der Waals surface area contributed by atoms with Gasteiger partial charge in [0.25, 0.3) is 5.91 Å². The number of anilines is 1. The highest BCUT2D eigenvalue weighted by molar-refractivity contribution is 7.08. The molecule has 0 saturated heterocycles. The molecule has 128 valence electrons. The molecule has 0 radical (unpaired) electrons. The van der Waals surface area contributed by atoms with Crippen molar-refractivity contribution in [3.8, 4) is 16.9 Å². The highest BCUT2D eigenvalue weighted by atomic mass is 32.1. The zero-order valence-electron chi connectivity index (χ0n) is 13.3. The number of nitrogens with one attached hydrogen (secondary N) is 1. The normalized spacial score (nSPS) is 11.8. The molecule has 0 aliphatic carbocycles. The second-order valence-corrected chi connectivity index (χ2v) is 6.20. The van der Waals surface area contributed by atoms with Crippen molar-refractivity contribution in [2.75, 3.05) is 5.32 Å². The van der Waals surface area contributed by atoms with Crippen molar-refractivity contribution in [2.45, 2.75) is 13.0 Å². The minimum Gasteiger partial charge on any atom is -0.481 e. The van der Waals surface area contributed by atoms with E-state index in [1.165, 1.54) is 6.07 Å². The van der Waals surface area contributed by atoms with Gasteiger partial charge in [-0.3, -0.25) is 4.79 Å². The van der Waals surface area contributed by atoms with Crippen LogP contribution in [0.5, 0.6) is 5.75 Å². The van der Waals surface area contributed by atoms with Crippen LogP contribution >= 0.6 is 11.3 Å². The van der Waals surface area contributed by atoms with Crippen LogP contribution in [-0.2, 0) is 4.79 Å². The molecule has 3 nitrogen and oxygen atoms in total. The fourth-order valence-corrected chi connectivity index (χ4v) is 2.92. The van der Waals surface area contributed by atoms with Gasteiger partial charge in [-0.15, -0.1) is 0 Å². The maximum absolute atomic E-state index is 13.2. The maximum Gasteiger partial charge on any atom is 0.265 e. The third kappa shape index (κ3) is 4.22. The summed E-state index contributed by atoms with van der Waals surface area (Å²) in [4.78, 5) is 12.3. The quantitative estimate of drug-likeness (QED) is 0.688. The van der Waals surface area contributed by atoms with Crippen molar-refractivity contribution >= 4 is 22.9 Å². The van der Waals surface area contributed by atoms with Gasteiger partial charge in [-0.2, -0.15) is 11.3 Å². The number of carbonyl (C=O) groups is 1. The number of ether oxygens (including phenoxy) is 1. The lowest BCUT2D eigenvalue weighted by molar-refractivity contribution is -0.122. The first-order chi connectivity index (χ1) is 12.0. The minimum atomic E-state index is -1.02. The standard InChI is InChI=1S/C19H15F2NO2S/c1-12(24-16-5-6-17(20)18(21)10-16)19(23)22-15-4-2-3-13(9-15)14-7-8-25-11-14/h2-12H,1H3,(H,22,23). The van der Waals surface area contributed by atoms with Crippen LogP contribution in [0.2, 0.25) is 0 Å². The van der Waals surface area contributed by atoms with E-state index in [1.54, 1.807) is 24.3 Å². The van der Waals surface area contributed by atoms with Gasteiger partial charge in [0.15, 0.2) is 17.7 Å². The Hall–Kier alpha value is -2.73. The largest absolute Gasteiger partial charge is 0.481 e. The summed E-state index contributed by atoms with van der Waals surface area (Å²) in [6, 6.07) is 12.6. The number of carbonyl (C=O) groups excluding carboxylic acids is 1. The molecule has 1 aromatic heterocycles. The molecule has 6 heteroatoms. The highest BCUT2D eigenvalue weighted by Gasteiger charge is 2.16. The molecule has 0 fully saturated rings. The molecule has 2 aromatic carbocycles. The average molecular weight is 359 g/mol. The van der Waals surface area contributed by atoms with E-state index in [-0.39, 0.29) is 11.7 Å². The van der Waals surface area contributed by atoms with E-state index < -0.39 is 17.7 Å². The fourth-order valence-electron chi connectivity index (χ4n) is 2.26.